The lowest BCUT2D eigenvalue weighted by Crippen LogP contribution is -2.39. The smallest absolute Gasteiger partial charge is 0.337 e. The molecule has 0 fully saturated rings. The monoisotopic (exact) mass is 245 g/mol. The third kappa shape index (κ3) is 1.60. The van der Waals surface area contributed by atoms with Crippen LogP contribution in [0.5, 0.6) is 0 Å². The summed E-state index contributed by atoms with van der Waals surface area (Å²) in [5.74, 6) is -0.0997. The number of hydrogen-bond acceptors (Lipinski definition) is 3. The molecule has 1 aromatic carbocycles. The first kappa shape index (κ1) is 11.3. The van der Waals surface area contributed by atoms with Crippen LogP contribution in [0.3, 0.4) is 0 Å². The van der Waals surface area contributed by atoms with Crippen LogP contribution in [-0.2, 0) is 22.4 Å². The largest absolute Gasteiger partial charge is 0.465 e. The van der Waals surface area contributed by atoms with Gasteiger partial charge in [0.2, 0.25) is 5.91 Å². The summed E-state index contributed by atoms with van der Waals surface area (Å²) < 4.78 is 4.77. The van der Waals surface area contributed by atoms with Gasteiger partial charge in [0.1, 0.15) is 0 Å². The Bertz CT molecular complexity index is 519. The summed E-state index contributed by atoms with van der Waals surface area (Å²) in [5.41, 5.74) is 3.85. The molecule has 2 heterocycles. The van der Waals surface area contributed by atoms with E-state index in [2.05, 4.69) is 0 Å². The van der Waals surface area contributed by atoms with Crippen molar-refractivity contribution in [2.75, 3.05) is 18.6 Å². The number of anilines is 1. The molecule has 1 amide bonds. The molecular formula is C14H15NO3. The zero-order chi connectivity index (χ0) is 12.7. The predicted molar refractivity (Wildman–Crippen MR) is 66.8 cm³/mol. The van der Waals surface area contributed by atoms with Crippen LogP contribution < -0.4 is 4.90 Å². The molecule has 18 heavy (non-hydrogen) atoms. The molecule has 2 aliphatic rings. The SMILES string of the molecule is COC(=O)c1cc2c3c(c1)CCC(=O)N3CCC2. The Kier molecular flexibility index (Phi) is 2.58. The van der Waals surface area contributed by atoms with Crippen molar-refractivity contribution < 1.29 is 14.3 Å². The van der Waals surface area contributed by atoms with Gasteiger partial charge in [0.15, 0.2) is 0 Å². The van der Waals surface area contributed by atoms with Crippen molar-refractivity contribution in [2.45, 2.75) is 25.7 Å². The second kappa shape index (κ2) is 4.12. The second-order valence-corrected chi connectivity index (χ2v) is 4.78. The standard InChI is InChI=1S/C14H15NO3/c1-18-14(17)11-7-9-3-2-6-15-12(16)5-4-10(8-11)13(9)15/h7-8H,2-6H2,1H3. The molecule has 3 rings (SSSR count). The second-order valence-electron chi connectivity index (χ2n) is 4.78. The minimum Gasteiger partial charge on any atom is -0.465 e. The molecule has 2 aliphatic heterocycles. The fourth-order valence-corrected chi connectivity index (χ4v) is 2.89. The van der Waals surface area contributed by atoms with Crippen LogP contribution in [0.1, 0.15) is 34.3 Å². The first-order valence-electron chi connectivity index (χ1n) is 6.25. The van der Waals surface area contributed by atoms with Gasteiger partial charge in [-0.3, -0.25) is 4.79 Å². The van der Waals surface area contributed by atoms with Gasteiger partial charge in [0.25, 0.3) is 0 Å². The van der Waals surface area contributed by atoms with Crippen molar-refractivity contribution >= 4 is 17.6 Å². The molecule has 0 N–H and O–H groups in total. The van der Waals surface area contributed by atoms with Crippen molar-refractivity contribution in [1.29, 1.82) is 0 Å². The van der Waals surface area contributed by atoms with Gasteiger partial charge >= 0.3 is 5.97 Å². The Morgan fingerprint density at radius 3 is 2.67 bits per heavy atom. The number of nitrogens with zero attached hydrogens (tertiary/aromatic N) is 1. The Balaban J connectivity index is 2.14. The molecule has 0 saturated heterocycles. The van der Waals surface area contributed by atoms with E-state index in [4.69, 9.17) is 4.74 Å². The van der Waals surface area contributed by atoms with Crippen molar-refractivity contribution in [2.24, 2.45) is 0 Å². The molecule has 0 spiro atoms. The summed E-state index contributed by atoms with van der Waals surface area (Å²) in [4.78, 5) is 25.4. The number of benzene rings is 1. The van der Waals surface area contributed by atoms with Crippen LogP contribution in [0, 0.1) is 0 Å². The number of rotatable bonds is 1. The quantitative estimate of drug-likeness (QED) is 0.707. The fraction of sp³-hybridized carbons (Fsp3) is 0.429. The minimum absolute atomic E-state index is 0.203. The number of aryl methyl sites for hydroxylation is 2. The molecule has 4 heteroatoms. The molecule has 0 aliphatic carbocycles. The molecular weight excluding hydrogens is 230 g/mol. The first-order valence-corrected chi connectivity index (χ1v) is 6.25. The van der Waals surface area contributed by atoms with E-state index >= 15 is 0 Å². The molecule has 0 atom stereocenters. The maximum atomic E-state index is 11.9. The summed E-state index contributed by atoms with van der Waals surface area (Å²) in [6.45, 7) is 0.802. The van der Waals surface area contributed by atoms with Gasteiger partial charge in [-0.05, 0) is 42.5 Å². The maximum Gasteiger partial charge on any atom is 0.337 e. The van der Waals surface area contributed by atoms with Crippen molar-refractivity contribution in [1.82, 2.24) is 0 Å². The highest BCUT2D eigenvalue weighted by Gasteiger charge is 2.30. The lowest BCUT2D eigenvalue weighted by molar-refractivity contribution is -0.119. The van der Waals surface area contributed by atoms with Crippen LogP contribution in [-0.4, -0.2) is 25.5 Å². The number of esters is 1. The number of ether oxygens (including phenoxy) is 1. The Labute approximate surface area is 106 Å². The van der Waals surface area contributed by atoms with Crippen molar-refractivity contribution in [3.8, 4) is 0 Å². The maximum absolute atomic E-state index is 11.9. The average Bonchev–Trinajstić information content (AvgIpc) is 2.41. The number of carbonyl (C=O) groups is 2. The number of hydrogen-bond donors (Lipinski definition) is 0. The van der Waals surface area contributed by atoms with E-state index in [1.165, 1.54) is 7.11 Å². The summed E-state index contributed by atoms with van der Waals surface area (Å²) in [7, 11) is 1.39. The van der Waals surface area contributed by atoms with Gasteiger partial charge in [-0.15, -0.1) is 0 Å². The first-order chi connectivity index (χ1) is 8.70. The zero-order valence-electron chi connectivity index (χ0n) is 10.4. The molecule has 1 aromatic rings. The number of carbonyl (C=O) groups excluding carboxylic acids is 2. The van der Waals surface area contributed by atoms with E-state index < -0.39 is 0 Å². The molecule has 0 saturated carbocycles. The fourth-order valence-electron chi connectivity index (χ4n) is 2.89. The summed E-state index contributed by atoms with van der Waals surface area (Å²) in [5, 5.41) is 0. The predicted octanol–water partition coefficient (Wildman–Crippen LogP) is 1.70. The van der Waals surface area contributed by atoms with E-state index in [0.29, 0.717) is 12.0 Å². The normalized spacial score (nSPS) is 17.4. The van der Waals surface area contributed by atoms with Crippen molar-refractivity contribution in [3.05, 3.63) is 28.8 Å². The van der Waals surface area contributed by atoms with E-state index in [-0.39, 0.29) is 11.9 Å². The lowest BCUT2D eigenvalue weighted by atomic mass is 9.90. The van der Waals surface area contributed by atoms with Gasteiger partial charge in [0.05, 0.1) is 18.4 Å². The average molecular weight is 245 g/mol. The number of amides is 1. The van der Waals surface area contributed by atoms with E-state index in [1.807, 2.05) is 17.0 Å². The third-order valence-electron chi connectivity index (χ3n) is 3.70. The van der Waals surface area contributed by atoms with Crippen LogP contribution in [0.2, 0.25) is 0 Å². The molecule has 4 nitrogen and oxygen atoms in total. The van der Waals surface area contributed by atoms with Gasteiger partial charge in [0, 0.05) is 13.0 Å². The lowest BCUT2D eigenvalue weighted by Gasteiger charge is -2.35. The highest BCUT2D eigenvalue weighted by Crippen LogP contribution is 2.36. The van der Waals surface area contributed by atoms with Crippen molar-refractivity contribution in [3.63, 3.8) is 0 Å². The Morgan fingerprint density at radius 1 is 1.22 bits per heavy atom. The van der Waals surface area contributed by atoms with E-state index in [9.17, 15) is 9.59 Å². The van der Waals surface area contributed by atoms with E-state index in [1.54, 1.807) is 0 Å². The Morgan fingerprint density at radius 2 is 1.94 bits per heavy atom. The van der Waals surface area contributed by atoms with Gasteiger partial charge in [-0.2, -0.15) is 0 Å². The summed E-state index contributed by atoms with van der Waals surface area (Å²) in [6, 6.07) is 3.74. The van der Waals surface area contributed by atoms with Crippen LogP contribution in [0.15, 0.2) is 12.1 Å². The van der Waals surface area contributed by atoms with Crippen LogP contribution in [0.4, 0.5) is 5.69 Å². The van der Waals surface area contributed by atoms with Gasteiger partial charge in [-0.1, -0.05) is 0 Å². The third-order valence-corrected chi connectivity index (χ3v) is 3.70. The highest BCUT2D eigenvalue weighted by atomic mass is 16.5. The van der Waals surface area contributed by atoms with Crippen LogP contribution in [0.25, 0.3) is 0 Å². The molecule has 94 valence electrons. The van der Waals surface area contributed by atoms with E-state index in [0.717, 1.165) is 42.6 Å². The zero-order valence-corrected chi connectivity index (χ0v) is 10.4. The van der Waals surface area contributed by atoms with Crippen LogP contribution >= 0.6 is 0 Å². The molecule has 0 aromatic heterocycles. The molecule has 0 bridgehead atoms. The van der Waals surface area contributed by atoms with Gasteiger partial charge < -0.3 is 9.64 Å². The number of methoxy groups -OCH3 is 1. The topological polar surface area (TPSA) is 46.6 Å². The minimum atomic E-state index is -0.303. The highest BCUT2D eigenvalue weighted by molar-refractivity contribution is 5.99. The molecule has 0 radical (unpaired) electrons. The molecule has 0 unspecified atom stereocenters. The van der Waals surface area contributed by atoms with Gasteiger partial charge in [-0.25, -0.2) is 4.79 Å². The summed E-state index contributed by atoms with van der Waals surface area (Å²) in [6.07, 6.45) is 3.15. The Hall–Kier alpha value is -1.84. The summed E-state index contributed by atoms with van der Waals surface area (Å²) >= 11 is 0.